The van der Waals surface area contributed by atoms with Gasteiger partial charge >= 0.3 is 0 Å². The molecule has 108 valence electrons. The molecule has 1 saturated heterocycles. The molecule has 0 unspecified atom stereocenters. The zero-order chi connectivity index (χ0) is 14.5. The summed E-state index contributed by atoms with van der Waals surface area (Å²) >= 11 is 6.25. The highest BCUT2D eigenvalue weighted by atomic mass is 35.5. The number of nitrogens with one attached hydrogen (secondary N) is 1. The first-order valence-corrected chi connectivity index (χ1v) is 7.00. The molecule has 6 heteroatoms. The summed E-state index contributed by atoms with van der Waals surface area (Å²) in [6.07, 6.45) is 2.56. The Kier molecular flexibility index (Phi) is 5.11. The summed E-state index contributed by atoms with van der Waals surface area (Å²) in [4.78, 5) is 12.8. The molecule has 1 fully saturated rings. The molecule has 1 aliphatic rings. The number of nitrogens with zero attached hydrogens (tertiary/aromatic N) is 2. The molecule has 0 amide bonds. The molecule has 0 saturated carbocycles. The van der Waals surface area contributed by atoms with Crippen LogP contribution in [-0.4, -0.2) is 36.0 Å². The Balaban J connectivity index is 2.34. The first-order chi connectivity index (χ1) is 9.63. The second kappa shape index (κ2) is 6.83. The predicted octanol–water partition coefficient (Wildman–Crippen LogP) is 2.77. The van der Waals surface area contributed by atoms with Crippen LogP contribution in [0.5, 0.6) is 0 Å². The summed E-state index contributed by atoms with van der Waals surface area (Å²) < 4.78 is 0. The van der Waals surface area contributed by atoms with Gasteiger partial charge in [-0.25, -0.2) is 0 Å². The summed E-state index contributed by atoms with van der Waals surface area (Å²) in [5, 5.41) is 14.8. The van der Waals surface area contributed by atoms with Gasteiger partial charge in [-0.05, 0) is 18.1 Å². The maximum atomic E-state index is 10.9. The van der Waals surface area contributed by atoms with E-state index in [9.17, 15) is 10.1 Å². The summed E-state index contributed by atoms with van der Waals surface area (Å²) in [6.45, 7) is 7.42. The first kappa shape index (κ1) is 15.0. The molecule has 20 heavy (non-hydrogen) atoms. The van der Waals surface area contributed by atoms with Crippen LogP contribution in [0, 0.1) is 10.1 Å². The number of nitro benzene ring substituents is 1. The summed E-state index contributed by atoms with van der Waals surface area (Å²) in [5.41, 5.74) is 0.885. The maximum Gasteiger partial charge on any atom is 0.269 e. The average Bonchev–Trinajstić information content (AvgIpc) is 2.46. The first-order valence-electron chi connectivity index (χ1n) is 6.63. The molecule has 0 aliphatic carbocycles. The Labute approximate surface area is 123 Å². The third-order valence-electron chi connectivity index (χ3n) is 3.53. The van der Waals surface area contributed by atoms with Crippen LogP contribution in [0.15, 0.2) is 30.9 Å². The quantitative estimate of drug-likeness (QED) is 0.515. The van der Waals surface area contributed by atoms with E-state index in [1.807, 2.05) is 6.08 Å². The second-order valence-corrected chi connectivity index (χ2v) is 5.20. The lowest BCUT2D eigenvalue weighted by Gasteiger charge is -2.35. The van der Waals surface area contributed by atoms with Crippen LogP contribution >= 0.6 is 11.6 Å². The van der Waals surface area contributed by atoms with Gasteiger partial charge in [0.25, 0.3) is 5.69 Å². The van der Waals surface area contributed by atoms with Crippen molar-refractivity contribution in [1.29, 1.82) is 0 Å². The molecule has 1 aliphatic heterocycles. The molecular formula is C14H18ClN3O2. The normalized spacial score (nSPS) is 17.6. The van der Waals surface area contributed by atoms with Crippen LogP contribution in [0.1, 0.15) is 18.0 Å². The number of benzene rings is 1. The highest BCUT2D eigenvalue weighted by Crippen LogP contribution is 2.33. The van der Waals surface area contributed by atoms with E-state index in [2.05, 4.69) is 16.8 Å². The van der Waals surface area contributed by atoms with Gasteiger partial charge in [-0.2, -0.15) is 0 Å². The van der Waals surface area contributed by atoms with Crippen LogP contribution < -0.4 is 5.32 Å². The number of hydrogen-bond donors (Lipinski definition) is 1. The number of nitro groups is 1. The van der Waals surface area contributed by atoms with Gasteiger partial charge in [0, 0.05) is 49.4 Å². The van der Waals surface area contributed by atoms with E-state index < -0.39 is 0 Å². The van der Waals surface area contributed by atoms with Crippen LogP contribution in [-0.2, 0) is 0 Å². The lowest BCUT2D eigenvalue weighted by molar-refractivity contribution is -0.385. The van der Waals surface area contributed by atoms with Crippen molar-refractivity contribution in [2.24, 2.45) is 0 Å². The van der Waals surface area contributed by atoms with E-state index in [1.165, 1.54) is 6.07 Å². The lowest BCUT2D eigenvalue weighted by Crippen LogP contribution is -2.45. The summed E-state index contributed by atoms with van der Waals surface area (Å²) in [7, 11) is 0. The number of halogens is 1. The fraction of sp³-hybridized carbons (Fsp3) is 0.429. The van der Waals surface area contributed by atoms with Crippen molar-refractivity contribution < 1.29 is 4.92 Å². The lowest BCUT2D eigenvalue weighted by atomic mass is 10.0. The molecule has 1 aromatic rings. The molecule has 1 atom stereocenters. The van der Waals surface area contributed by atoms with Gasteiger partial charge in [0.2, 0.25) is 0 Å². The zero-order valence-corrected chi connectivity index (χ0v) is 12.0. The predicted molar refractivity (Wildman–Crippen MR) is 80.1 cm³/mol. The fourth-order valence-corrected chi connectivity index (χ4v) is 2.77. The zero-order valence-electron chi connectivity index (χ0n) is 11.2. The van der Waals surface area contributed by atoms with Crippen molar-refractivity contribution >= 4 is 17.3 Å². The molecule has 1 aromatic carbocycles. The van der Waals surface area contributed by atoms with Crippen molar-refractivity contribution in [2.45, 2.75) is 12.5 Å². The van der Waals surface area contributed by atoms with Crippen molar-refractivity contribution in [1.82, 2.24) is 10.2 Å². The van der Waals surface area contributed by atoms with Crippen LogP contribution in [0.2, 0.25) is 5.02 Å². The molecule has 2 rings (SSSR count). The van der Waals surface area contributed by atoms with E-state index in [1.54, 1.807) is 12.1 Å². The van der Waals surface area contributed by atoms with Crippen LogP contribution in [0.3, 0.4) is 0 Å². The molecule has 1 heterocycles. The number of non-ortho nitro benzene ring substituents is 1. The fourth-order valence-electron chi connectivity index (χ4n) is 2.52. The highest BCUT2D eigenvalue weighted by Gasteiger charge is 2.24. The number of rotatable bonds is 5. The largest absolute Gasteiger partial charge is 0.314 e. The van der Waals surface area contributed by atoms with Gasteiger partial charge in [0.15, 0.2) is 0 Å². The number of piperazine rings is 1. The van der Waals surface area contributed by atoms with E-state index >= 15 is 0 Å². The average molecular weight is 296 g/mol. The minimum atomic E-state index is -0.386. The van der Waals surface area contributed by atoms with Crippen molar-refractivity contribution in [3.8, 4) is 0 Å². The topological polar surface area (TPSA) is 58.4 Å². The summed E-state index contributed by atoms with van der Waals surface area (Å²) in [6, 6.07) is 4.67. The maximum absolute atomic E-state index is 10.9. The Morgan fingerprint density at radius 3 is 2.80 bits per heavy atom. The molecular weight excluding hydrogens is 278 g/mol. The van der Waals surface area contributed by atoms with Gasteiger partial charge < -0.3 is 5.32 Å². The van der Waals surface area contributed by atoms with Gasteiger partial charge in [-0.1, -0.05) is 17.7 Å². The van der Waals surface area contributed by atoms with Gasteiger partial charge in [-0.3, -0.25) is 15.0 Å². The Hall–Kier alpha value is -1.43. The van der Waals surface area contributed by atoms with Crippen LogP contribution in [0.4, 0.5) is 5.69 Å². The molecule has 5 nitrogen and oxygen atoms in total. The van der Waals surface area contributed by atoms with Gasteiger partial charge in [-0.15, -0.1) is 6.58 Å². The Morgan fingerprint density at radius 1 is 1.50 bits per heavy atom. The van der Waals surface area contributed by atoms with Crippen molar-refractivity contribution in [3.05, 3.63) is 51.6 Å². The van der Waals surface area contributed by atoms with Gasteiger partial charge in [0.1, 0.15) is 0 Å². The second-order valence-electron chi connectivity index (χ2n) is 4.79. The minimum absolute atomic E-state index is 0.0435. The van der Waals surface area contributed by atoms with E-state index in [-0.39, 0.29) is 16.7 Å². The van der Waals surface area contributed by atoms with Crippen LogP contribution in [0.25, 0.3) is 0 Å². The Bertz CT molecular complexity index is 501. The monoisotopic (exact) mass is 295 g/mol. The molecule has 0 aromatic heterocycles. The van der Waals surface area contributed by atoms with E-state index in [4.69, 9.17) is 11.6 Å². The number of hydrogen-bond acceptors (Lipinski definition) is 4. The third kappa shape index (κ3) is 3.36. The molecule has 0 spiro atoms. The smallest absolute Gasteiger partial charge is 0.269 e. The van der Waals surface area contributed by atoms with E-state index in [0.717, 1.165) is 38.2 Å². The summed E-state index contributed by atoms with van der Waals surface area (Å²) in [5.74, 6) is 0. The minimum Gasteiger partial charge on any atom is -0.314 e. The van der Waals surface area contributed by atoms with Crippen molar-refractivity contribution in [3.63, 3.8) is 0 Å². The van der Waals surface area contributed by atoms with E-state index in [0.29, 0.717) is 5.02 Å². The SMILES string of the molecule is C=CC[C@H](c1cc([N+](=O)[O-])ccc1Cl)N1CCNCC1. The molecule has 0 bridgehead atoms. The Morgan fingerprint density at radius 2 is 2.20 bits per heavy atom. The third-order valence-corrected chi connectivity index (χ3v) is 3.88. The standard InChI is InChI=1S/C14H18ClN3O2/c1-2-3-14(17-8-6-16-7-9-17)12-10-11(18(19)20)4-5-13(12)15/h2,4-5,10,14,16H,1,3,6-9H2/t14-/m1/s1. The molecule has 0 radical (unpaired) electrons. The van der Waals surface area contributed by atoms with Gasteiger partial charge in [0.05, 0.1) is 4.92 Å². The van der Waals surface area contributed by atoms with Crippen molar-refractivity contribution in [2.75, 3.05) is 26.2 Å². The molecule has 1 N–H and O–H groups in total. The highest BCUT2D eigenvalue weighted by molar-refractivity contribution is 6.31.